The molecule has 3 nitrogen and oxygen atoms in total. The zero-order chi connectivity index (χ0) is 11.4. The molecular formula is C12H14O3. The first-order chi connectivity index (χ1) is 7.06. The average molecular weight is 206 g/mol. The highest BCUT2D eigenvalue weighted by atomic mass is 16.4. The first-order valence-corrected chi connectivity index (χ1v) is 4.71. The summed E-state index contributed by atoms with van der Waals surface area (Å²) in [5.74, 6) is -1.25. The van der Waals surface area contributed by atoms with Crippen molar-refractivity contribution in [2.45, 2.75) is 19.3 Å². The second-order valence-electron chi connectivity index (χ2n) is 3.44. The molecule has 0 aliphatic carbocycles. The molecule has 1 rings (SSSR count). The molecular weight excluding hydrogens is 192 g/mol. The molecule has 0 saturated heterocycles. The fourth-order valence-corrected chi connectivity index (χ4v) is 1.34. The Hall–Kier alpha value is -1.77. The monoisotopic (exact) mass is 206 g/mol. The Labute approximate surface area is 88.7 Å². The van der Waals surface area contributed by atoms with Crippen LogP contribution in [0.4, 0.5) is 0 Å². The van der Waals surface area contributed by atoms with E-state index < -0.39 is 11.9 Å². The summed E-state index contributed by atoms with van der Waals surface area (Å²) in [6, 6.07) is 4.85. The van der Waals surface area contributed by atoms with E-state index in [1.165, 1.54) is 6.07 Å². The molecule has 1 aromatic carbocycles. The Balaban J connectivity index is 3.06. The molecule has 1 unspecified atom stereocenters. The number of hydrogen-bond donors (Lipinski definition) is 2. The second-order valence-corrected chi connectivity index (χ2v) is 3.44. The van der Waals surface area contributed by atoms with E-state index in [1.807, 2.05) is 0 Å². The number of carbonyl (C=O) groups is 1. The molecule has 0 bridgehead atoms. The summed E-state index contributed by atoms with van der Waals surface area (Å²) in [5, 5.41) is 18.3. The maximum absolute atomic E-state index is 10.8. The Morgan fingerprint density at radius 2 is 2.27 bits per heavy atom. The molecule has 0 aliphatic heterocycles. The zero-order valence-corrected chi connectivity index (χ0v) is 8.60. The molecule has 0 spiro atoms. The number of carboxylic acids is 1. The molecule has 0 fully saturated rings. The molecule has 0 heterocycles. The van der Waals surface area contributed by atoms with E-state index in [0.717, 1.165) is 0 Å². The number of benzene rings is 1. The number of aromatic hydroxyl groups is 1. The summed E-state index contributed by atoms with van der Waals surface area (Å²) in [4.78, 5) is 10.8. The van der Waals surface area contributed by atoms with Crippen molar-refractivity contribution in [1.82, 2.24) is 0 Å². The molecule has 0 saturated carbocycles. The fourth-order valence-electron chi connectivity index (χ4n) is 1.34. The number of allylic oxidation sites excluding steroid dienone is 1. The summed E-state index contributed by atoms with van der Waals surface area (Å²) in [5.41, 5.74) is 1.40. The number of hydrogen-bond acceptors (Lipinski definition) is 2. The van der Waals surface area contributed by atoms with Gasteiger partial charge in [0.05, 0.1) is 5.92 Å². The van der Waals surface area contributed by atoms with Gasteiger partial charge in [0.15, 0.2) is 0 Å². The van der Waals surface area contributed by atoms with Crippen molar-refractivity contribution in [3.63, 3.8) is 0 Å². The van der Waals surface area contributed by atoms with Crippen LogP contribution in [0.2, 0.25) is 0 Å². The van der Waals surface area contributed by atoms with Crippen molar-refractivity contribution in [2.24, 2.45) is 0 Å². The Morgan fingerprint density at radius 3 is 2.80 bits per heavy atom. The highest BCUT2D eigenvalue weighted by Gasteiger charge is 2.14. The van der Waals surface area contributed by atoms with Crippen LogP contribution in [0, 0.1) is 0 Å². The quantitative estimate of drug-likeness (QED) is 0.743. The third-order valence-corrected chi connectivity index (χ3v) is 2.34. The summed E-state index contributed by atoms with van der Waals surface area (Å²) < 4.78 is 0. The van der Waals surface area contributed by atoms with Crippen LogP contribution in [0.1, 0.15) is 24.0 Å². The van der Waals surface area contributed by atoms with Gasteiger partial charge < -0.3 is 10.2 Å². The van der Waals surface area contributed by atoms with Gasteiger partial charge in [-0.05, 0) is 30.5 Å². The van der Waals surface area contributed by atoms with E-state index >= 15 is 0 Å². The number of phenolic OH excluding ortho intramolecular Hbond substituents is 1. The van der Waals surface area contributed by atoms with Gasteiger partial charge in [-0.25, -0.2) is 0 Å². The average Bonchev–Trinajstić information content (AvgIpc) is 2.20. The van der Waals surface area contributed by atoms with Gasteiger partial charge in [-0.1, -0.05) is 18.2 Å². The Bertz CT molecular complexity index is 382. The molecule has 15 heavy (non-hydrogen) atoms. The Kier molecular flexibility index (Phi) is 3.50. The lowest BCUT2D eigenvalue weighted by atomic mass is 9.97. The number of rotatable bonds is 4. The zero-order valence-electron chi connectivity index (χ0n) is 8.60. The van der Waals surface area contributed by atoms with E-state index in [0.29, 0.717) is 17.5 Å². The van der Waals surface area contributed by atoms with Crippen LogP contribution in [0.3, 0.4) is 0 Å². The minimum atomic E-state index is -0.870. The summed E-state index contributed by atoms with van der Waals surface area (Å²) >= 11 is 0. The van der Waals surface area contributed by atoms with Gasteiger partial charge >= 0.3 is 5.97 Å². The summed E-state index contributed by atoms with van der Waals surface area (Å²) in [7, 11) is 0. The third-order valence-electron chi connectivity index (χ3n) is 2.34. The SMILES string of the molecule is C=CCc1cc(C(C)C(=O)O)ccc1O. The van der Waals surface area contributed by atoms with Crippen LogP contribution >= 0.6 is 0 Å². The minimum Gasteiger partial charge on any atom is -0.508 e. The maximum atomic E-state index is 10.8. The highest BCUT2D eigenvalue weighted by Crippen LogP contribution is 2.24. The standard InChI is InChI=1S/C12H14O3/c1-3-4-10-7-9(5-6-11(10)13)8(2)12(14)15/h3,5-8,13H,1,4H2,2H3,(H,14,15). The minimum absolute atomic E-state index is 0.177. The molecule has 1 atom stereocenters. The third kappa shape index (κ3) is 2.59. The predicted molar refractivity (Wildman–Crippen MR) is 58.1 cm³/mol. The van der Waals surface area contributed by atoms with Crippen molar-refractivity contribution in [1.29, 1.82) is 0 Å². The van der Waals surface area contributed by atoms with Crippen molar-refractivity contribution < 1.29 is 15.0 Å². The molecule has 2 N–H and O–H groups in total. The van der Waals surface area contributed by atoms with Crippen molar-refractivity contribution >= 4 is 5.97 Å². The lowest BCUT2D eigenvalue weighted by Gasteiger charge is -2.09. The molecule has 80 valence electrons. The van der Waals surface area contributed by atoms with Crippen LogP contribution in [0.5, 0.6) is 5.75 Å². The predicted octanol–water partition coefficient (Wildman–Crippen LogP) is 2.31. The van der Waals surface area contributed by atoms with Gasteiger partial charge in [0, 0.05) is 0 Å². The lowest BCUT2D eigenvalue weighted by Crippen LogP contribution is -2.07. The van der Waals surface area contributed by atoms with E-state index in [9.17, 15) is 9.90 Å². The Morgan fingerprint density at radius 1 is 1.60 bits per heavy atom. The summed E-state index contributed by atoms with van der Waals surface area (Å²) in [6.07, 6.45) is 2.20. The van der Waals surface area contributed by atoms with Gasteiger partial charge in [0.25, 0.3) is 0 Å². The van der Waals surface area contributed by atoms with Crippen molar-refractivity contribution in [3.8, 4) is 5.75 Å². The molecule has 0 aromatic heterocycles. The van der Waals surface area contributed by atoms with Crippen LogP contribution in [-0.2, 0) is 11.2 Å². The van der Waals surface area contributed by atoms with E-state index in [-0.39, 0.29) is 5.75 Å². The molecule has 0 aliphatic rings. The number of aliphatic carboxylic acids is 1. The van der Waals surface area contributed by atoms with E-state index in [1.54, 1.807) is 25.1 Å². The van der Waals surface area contributed by atoms with Crippen LogP contribution < -0.4 is 0 Å². The number of carboxylic acid groups (broad SMARTS) is 1. The molecule has 0 amide bonds. The maximum Gasteiger partial charge on any atom is 0.310 e. The van der Waals surface area contributed by atoms with E-state index in [2.05, 4.69) is 6.58 Å². The van der Waals surface area contributed by atoms with Gasteiger partial charge in [0.2, 0.25) is 0 Å². The largest absolute Gasteiger partial charge is 0.508 e. The van der Waals surface area contributed by atoms with E-state index in [4.69, 9.17) is 5.11 Å². The topological polar surface area (TPSA) is 57.5 Å². The number of phenols is 1. The molecule has 3 heteroatoms. The van der Waals surface area contributed by atoms with Gasteiger partial charge in [-0.2, -0.15) is 0 Å². The first kappa shape index (κ1) is 11.3. The second kappa shape index (κ2) is 4.64. The molecule has 1 aromatic rings. The van der Waals surface area contributed by atoms with Gasteiger partial charge in [-0.3, -0.25) is 4.79 Å². The van der Waals surface area contributed by atoms with Crippen LogP contribution in [0.25, 0.3) is 0 Å². The summed E-state index contributed by atoms with van der Waals surface area (Å²) in [6.45, 7) is 5.20. The fraction of sp³-hybridized carbons (Fsp3) is 0.250. The van der Waals surface area contributed by atoms with Gasteiger partial charge in [-0.15, -0.1) is 6.58 Å². The van der Waals surface area contributed by atoms with Crippen molar-refractivity contribution in [3.05, 3.63) is 42.0 Å². The van der Waals surface area contributed by atoms with Gasteiger partial charge in [0.1, 0.15) is 5.75 Å². The first-order valence-electron chi connectivity index (χ1n) is 4.71. The van der Waals surface area contributed by atoms with Crippen molar-refractivity contribution in [2.75, 3.05) is 0 Å². The smallest absolute Gasteiger partial charge is 0.310 e. The molecule has 0 radical (unpaired) electrons. The van der Waals surface area contributed by atoms with Crippen LogP contribution in [0.15, 0.2) is 30.9 Å². The normalized spacial score (nSPS) is 12.1. The van der Waals surface area contributed by atoms with Crippen LogP contribution in [-0.4, -0.2) is 16.2 Å². The highest BCUT2D eigenvalue weighted by molar-refractivity contribution is 5.75. The lowest BCUT2D eigenvalue weighted by molar-refractivity contribution is -0.138.